The lowest BCUT2D eigenvalue weighted by Gasteiger charge is -2.26. The highest BCUT2D eigenvalue weighted by Crippen LogP contribution is 2.26. The van der Waals surface area contributed by atoms with E-state index in [0.29, 0.717) is 19.4 Å². The molecule has 1 saturated heterocycles. The Morgan fingerprint density at radius 2 is 1.96 bits per heavy atom. The van der Waals surface area contributed by atoms with Crippen LogP contribution in [0.5, 0.6) is 0 Å². The van der Waals surface area contributed by atoms with Crippen LogP contribution in [0.25, 0.3) is 0 Å². The third-order valence-corrected chi connectivity index (χ3v) is 5.69. The van der Waals surface area contributed by atoms with Crippen molar-refractivity contribution in [3.63, 3.8) is 0 Å². The first-order valence-corrected chi connectivity index (χ1v) is 10.1. The molecule has 0 aromatic heterocycles. The van der Waals surface area contributed by atoms with Crippen molar-refractivity contribution in [3.8, 4) is 0 Å². The highest BCUT2D eigenvalue weighted by Gasteiger charge is 2.37. The second-order valence-electron chi connectivity index (χ2n) is 7.76. The van der Waals surface area contributed by atoms with Gasteiger partial charge in [-0.3, -0.25) is 14.5 Å². The summed E-state index contributed by atoms with van der Waals surface area (Å²) in [6, 6.07) is 7.40. The third kappa shape index (κ3) is 5.77. The minimum atomic E-state index is -0.684. The second-order valence-corrected chi connectivity index (χ2v) is 7.76. The Hall–Kier alpha value is -1.96. The van der Waals surface area contributed by atoms with Crippen LogP contribution in [0.4, 0.5) is 0 Å². The molecule has 7 nitrogen and oxygen atoms in total. The van der Waals surface area contributed by atoms with Crippen LogP contribution >= 0.6 is 0 Å². The van der Waals surface area contributed by atoms with Crippen LogP contribution in [0.2, 0.25) is 0 Å². The van der Waals surface area contributed by atoms with Gasteiger partial charge in [-0.25, -0.2) is 0 Å². The number of nitrogens with zero attached hydrogens (tertiary/aromatic N) is 1. The van der Waals surface area contributed by atoms with E-state index in [1.165, 1.54) is 0 Å². The first-order chi connectivity index (χ1) is 13.5. The third-order valence-electron chi connectivity index (χ3n) is 5.69. The monoisotopic (exact) mass is 389 g/mol. The molecule has 3 rings (SSSR count). The van der Waals surface area contributed by atoms with Crippen molar-refractivity contribution < 1.29 is 19.4 Å². The maximum absolute atomic E-state index is 12.4. The number of nitrogens with one attached hydrogen (secondary N) is 2. The fourth-order valence-electron chi connectivity index (χ4n) is 3.93. The van der Waals surface area contributed by atoms with E-state index in [4.69, 9.17) is 4.74 Å². The summed E-state index contributed by atoms with van der Waals surface area (Å²) in [5, 5.41) is 16.2. The van der Waals surface area contributed by atoms with Crippen LogP contribution in [0, 0.1) is 12.8 Å². The number of benzene rings is 1. The van der Waals surface area contributed by atoms with Gasteiger partial charge < -0.3 is 20.5 Å². The summed E-state index contributed by atoms with van der Waals surface area (Å²) in [6.45, 7) is 6.65. The number of rotatable bonds is 7. The van der Waals surface area contributed by atoms with Crippen molar-refractivity contribution in [1.29, 1.82) is 0 Å². The lowest BCUT2D eigenvalue weighted by Crippen LogP contribution is -2.42. The molecule has 1 aliphatic carbocycles. The molecule has 7 heteroatoms. The molecule has 3 atom stereocenters. The van der Waals surface area contributed by atoms with Gasteiger partial charge in [0, 0.05) is 32.1 Å². The molecule has 0 radical (unpaired) electrons. The lowest BCUT2D eigenvalue weighted by atomic mass is 10.0. The Bertz CT molecular complexity index is 675. The van der Waals surface area contributed by atoms with Crippen molar-refractivity contribution in [1.82, 2.24) is 15.5 Å². The number of aryl methyl sites for hydroxylation is 1. The minimum absolute atomic E-state index is 0.0389. The van der Waals surface area contributed by atoms with E-state index in [1.54, 1.807) is 0 Å². The topological polar surface area (TPSA) is 90.9 Å². The molecular weight excluding hydrogens is 358 g/mol. The van der Waals surface area contributed by atoms with Crippen LogP contribution < -0.4 is 10.6 Å². The largest absolute Gasteiger partial charge is 0.391 e. The van der Waals surface area contributed by atoms with Gasteiger partial charge in [-0.05, 0) is 30.9 Å². The fourth-order valence-corrected chi connectivity index (χ4v) is 3.93. The fraction of sp³-hybridized carbons (Fsp3) is 0.619. The first-order valence-electron chi connectivity index (χ1n) is 10.1. The summed E-state index contributed by atoms with van der Waals surface area (Å²) in [5.74, 6) is -0.418. The van der Waals surface area contributed by atoms with Gasteiger partial charge in [0.05, 0.1) is 31.8 Å². The quantitative estimate of drug-likeness (QED) is 0.622. The highest BCUT2D eigenvalue weighted by atomic mass is 16.5. The van der Waals surface area contributed by atoms with E-state index in [1.807, 2.05) is 31.2 Å². The Labute approximate surface area is 166 Å². The van der Waals surface area contributed by atoms with E-state index < -0.39 is 6.10 Å². The Morgan fingerprint density at radius 3 is 2.71 bits per heavy atom. The SMILES string of the molecule is Cc1ccccc1CC(=O)N[C@H]1C[C@H](C(=O)NCCN2CCOCC2)C[C@@H]1O. The zero-order chi connectivity index (χ0) is 19.9. The number of ether oxygens (including phenoxy) is 1. The van der Waals surface area contributed by atoms with Gasteiger partial charge in [-0.15, -0.1) is 0 Å². The predicted molar refractivity (Wildman–Crippen MR) is 106 cm³/mol. The van der Waals surface area contributed by atoms with Gasteiger partial charge in [0.15, 0.2) is 0 Å². The number of aliphatic hydroxyl groups excluding tert-OH is 1. The van der Waals surface area contributed by atoms with Gasteiger partial charge in [0.1, 0.15) is 0 Å². The van der Waals surface area contributed by atoms with E-state index >= 15 is 0 Å². The van der Waals surface area contributed by atoms with E-state index in [-0.39, 0.29) is 30.2 Å². The normalized spacial score (nSPS) is 25.4. The Balaban J connectivity index is 1.41. The van der Waals surface area contributed by atoms with Crippen molar-refractivity contribution >= 4 is 11.8 Å². The highest BCUT2D eigenvalue weighted by molar-refractivity contribution is 5.81. The summed E-state index contributed by atoms with van der Waals surface area (Å²) in [7, 11) is 0. The molecular formula is C21H31N3O4. The van der Waals surface area contributed by atoms with Gasteiger partial charge in [0.25, 0.3) is 0 Å². The average Bonchev–Trinajstić information content (AvgIpc) is 3.05. The molecule has 1 aromatic carbocycles. The predicted octanol–water partition coefficient (Wildman–Crippen LogP) is 0.242. The first kappa shape index (κ1) is 20.8. The summed E-state index contributed by atoms with van der Waals surface area (Å²) >= 11 is 0. The van der Waals surface area contributed by atoms with Crippen molar-refractivity contribution in [2.45, 2.75) is 38.3 Å². The molecule has 1 aliphatic heterocycles. The molecule has 0 spiro atoms. The van der Waals surface area contributed by atoms with Gasteiger partial charge in [-0.1, -0.05) is 24.3 Å². The molecule has 2 aliphatic rings. The number of carbonyl (C=O) groups excluding carboxylic acids is 2. The second kappa shape index (κ2) is 10.0. The van der Waals surface area contributed by atoms with E-state index in [2.05, 4.69) is 15.5 Å². The molecule has 2 fully saturated rings. The molecule has 0 unspecified atom stereocenters. The Kier molecular flexibility index (Phi) is 7.42. The van der Waals surface area contributed by atoms with E-state index in [0.717, 1.165) is 44.0 Å². The van der Waals surface area contributed by atoms with Crippen LogP contribution in [0.1, 0.15) is 24.0 Å². The summed E-state index contributed by atoms with van der Waals surface area (Å²) < 4.78 is 5.32. The number of amides is 2. The number of carbonyl (C=O) groups is 2. The number of hydrogen-bond acceptors (Lipinski definition) is 5. The number of hydrogen-bond donors (Lipinski definition) is 3. The van der Waals surface area contributed by atoms with Gasteiger partial charge >= 0.3 is 0 Å². The van der Waals surface area contributed by atoms with Crippen LogP contribution in [-0.4, -0.2) is 73.4 Å². The zero-order valence-electron chi connectivity index (χ0n) is 16.5. The standard InChI is InChI=1S/C21H31N3O4/c1-15-4-2-3-5-16(15)14-20(26)23-18-12-17(13-19(18)25)21(27)22-6-7-24-8-10-28-11-9-24/h2-5,17-19,25H,6-14H2,1H3,(H,22,27)(H,23,26)/t17-,18-,19-/m0/s1. The van der Waals surface area contributed by atoms with E-state index in [9.17, 15) is 14.7 Å². The molecule has 154 valence electrons. The molecule has 1 heterocycles. The molecule has 3 N–H and O–H groups in total. The summed E-state index contributed by atoms with van der Waals surface area (Å²) in [4.78, 5) is 27.0. The average molecular weight is 389 g/mol. The number of morpholine rings is 1. The maximum atomic E-state index is 12.4. The molecule has 28 heavy (non-hydrogen) atoms. The zero-order valence-corrected chi connectivity index (χ0v) is 16.5. The number of aliphatic hydroxyl groups is 1. The van der Waals surface area contributed by atoms with Crippen molar-refractivity contribution in [2.75, 3.05) is 39.4 Å². The Morgan fingerprint density at radius 1 is 1.21 bits per heavy atom. The molecule has 2 amide bonds. The van der Waals surface area contributed by atoms with Crippen molar-refractivity contribution in [3.05, 3.63) is 35.4 Å². The molecule has 1 aromatic rings. The van der Waals surface area contributed by atoms with Crippen LogP contribution in [-0.2, 0) is 20.7 Å². The van der Waals surface area contributed by atoms with Crippen molar-refractivity contribution in [2.24, 2.45) is 5.92 Å². The van der Waals surface area contributed by atoms with Gasteiger partial charge in [0.2, 0.25) is 11.8 Å². The van der Waals surface area contributed by atoms with Crippen LogP contribution in [0.3, 0.4) is 0 Å². The molecule has 1 saturated carbocycles. The minimum Gasteiger partial charge on any atom is -0.391 e. The smallest absolute Gasteiger partial charge is 0.224 e. The maximum Gasteiger partial charge on any atom is 0.224 e. The lowest BCUT2D eigenvalue weighted by molar-refractivity contribution is -0.125. The summed E-state index contributed by atoms with van der Waals surface area (Å²) in [6.07, 6.45) is 0.463. The molecule has 0 bridgehead atoms. The van der Waals surface area contributed by atoms with Crippen LogP contribution in [0.15, 0.2) is 24.3 Å². The van der Waals surface area contributed by atoms with Gasteiger partial charge in [-0.2, -0.15) is 0 Å². The summed E-state index contributed by atoms with van der Waals surface area (Å²) in [5.41, 5.74) is 2.05.